The average Bonchev–Trinajstić information content (AvgIpc) is 2.77. The van der Waals surface area contributed by atoms with E-state index in [1.165, 1.54) is 18.9 Å². The van der Waals surface area contributed by atoms with Gasteiger partial charge in [-0.3, -0.25) is 0 Å². The Kier molecular flexibility index (Phi) is 9.24. The summed E-state index contributed by atoms with van der Waals surface area (Å²) in [7, 11) is 1.47. The fraction of sp³-hybridized carbons (Fsp3) is 0.889. The highest BCUT2D eigenvalue weighted by Gasteiger charge is 2.54. The normalized spacial score (nSPS) is 43.0. The van der Waals surface area contributed by atoms with Gasteiger partial charge in [0.1, 0.15) is 29.2 Å². The van der Waals surface area contributed by atoms with Crippen molar-refractivity contribution in [3.63, 3.8) is 0 Å². The van der Waals surface area contributed by atoms with Crippen molar-refractivity contribution in [2.24, 2.45) is 29.4 Å². The fourth-order valence-corrected chi connectivity index (χ4v) is 6.20. The van der Waals surface area contributed by atoms with Crippen LogP contribution in [0.5, 0.6) is 0 Å². The van der Waals surface area contributed by atoms with E-state index in [1.807, 2.05) is 13.0 Å². The van der Waals surface area contributed by atoms with E-state index < -0.39 is 47.9 Å². The van der Waals surface area contributed by atoms with Crippen molar-refractivity contribution in [3.05, 3.63) is 11.8 Å². The number of nitrogens with two attached hydrogens (primary N) is 1. The Morgan fingerprint density at radius 1 is 1.19 bits per heavy atom. The first-order valence-electron chi connectivity index (χ1n) is 13.4. The monoisotopic (exact) mass is 528 g/mol. The second-order valence-electron chi connectivity index (χ2n) is 12.6. The summed E-state index contributed by atoms with van der Waals surface area (Å²) in [5.74, 6) is 0.892. The predicted octanol–water partition coefficient (Wildman–Crippen LogP) is 2.00. The summed E-state index contributed by atoms with van der Waals surface area (Å²) in [6.45, 7) is 13.1. The van der Waals surface area contributed by atoms with Crippen LogP contribution >= 0.6 is 0 Å². The summed E-state index contributed by atoms with van der Waals surface area (Å²) in [6, 6.07) is -1.05. The first kappa shape index (κ1) is 30.1. The Bertz CT molecular complexity index is 828. The molecule has 11 atom stereocenters. The lowest BCUT2D eigenvalue weighted by molar-refractivity contribution is -0.310. The van der Waals surface area contributed by atoms with Crippen LogP contribution in [0.2, 0.25) is 0 Å². The molecule has 3 rings (SSSR count). The van der Waals surface area contributed by atoms with E-state index in [9.17, 15) is 20.1 Å². The van der Waals surface area contributed by atoms with Gasteiger partial charge in [0, 0.05) is 13.0 Å². The van der Waals surface area contributed by atoms with Gasteiger partial charge in [0.2, 0.25) is 0 Å². The zero-order valence-electron chi connectivity index (χ0n) is 23.6. The molecule has 0 radical (unpaired) electrons. The fourth-order valence-electron chi connectivity index (χ4n) is 6.20. The van der Waals surface area contributed by atoms with E-state index in [2.05, 4.69) is 13.8 Å². The summed E-state index contributed by atoms with van der Waals surface area (Å²) < 4.78 is 23.7. The number of aliphatic hydroxyl groups is 3. The van der Waals surface area contributed by atoms with Gasteiger partial charge >= 0.3 is 6.09 Å². The van der Waals surface area contributed by atoms with Gasteiger partial charge in [-0.2, -0.15) is 0 Å². The zero-order valence-corrected chi connectivity index (χ0v) is 23.6. The molecule has 2 aliphatic heterocycles. The second kappa shape index (κ2) is 11.4. The molecular formula is C27H48N2O8. The molecule has 1 saturated carbocycles. The maximum atomic E-state index is 12.8. The molecule has 0 bridgehead atoms. The van der Waals surface area contributed by atoms with Crippen molar-refractivity contribution >= 4 is 6.09 Å². The first-order chi connectivity index (χ1) is 17.1. The Balaban J connectivity index is 1.79. The molecule has 1 aliphatic carbocycles. The molecule has 2 heterocycles. The number of allylic oxidation sites excluding steroid dienone is 1. The third-order valence-electron chi connectivity index (χ3n) is 8.01. The third kappa shape index (κ3) is 6.59. The number of carbonyl (C=O) groups is 1. The van der Waals surface area contributed by atoms with Gasteiger partial charge in [-0.05, 0) is 64.4 Å². The van der Waals surface area contributed by atoms with Crippen molar-refractivity contribution in [1.29, 1.82) is 0 Å². The highest BCUT2D eigenvalue weighted by atomic mass is 16.7. The van der Waals surface area contributed by atoms with Gasteiger partial charge < -0.3 is 44.9 Å². The minimum Gasteiger partial charge on any atom is -0.493 e. The van der Waals surface area contributed by atoms with Gasteiger partial charge in [-0.15, -0.1) is 0 Å². The predicted molar refractivity (Wildman–Crippen MR) is 137 cm³/mol. The number of carbonyl (C=O) groups excluding carboxylic acids is 1. The Morgan fingerprint density at radius 2 is 1.84 bits per heavy atom. The van der Waals surface area contributed by atoms with E-state index in [0.717, 1.165) is 18.6 Å². The highest BCUT2D eigenvalue weighted by Crippen LogP contribution is 2.43. The van der Waals surface area contributed by atoms with E-state index in [-0.39, 0.29) is 36.4 Å². The number of nitrogens with zero attached hydrogens (tertiary/aromatic N) is 1. The van der Waals surface area contributed by atoms with E-state index in [1.54, 1.807) is 20.8 Å². The van der Waals surface area contributed by atoms with Crippen molar-refractivity contribution in [2.75, 3.05) is 20.2 Å². The smallest absolute Gasteiger partial charge is 0.410 e. The molecule has 0 aromatic rings. The summed E-state index contributed by atoms with van der Waals surface area (Å²) >= 11 is 0. The molecule has 1 saturated heterocycles. The van der Waals surface area contributed by atoms with Crippen LogP contribution in [0.3, 0.4) is 0 Å². The van der Waals surface area contributed by atoms with Crippen LogP contribution in [0, 0.1) is 23.7 Å². The standard InChI is InChI=1S/C27H48N2O8/c1-14-9-10-17(12-28)35-21(14)18-15(2)11-16(3)22(19(18)30)36-24-20(31)23(27(7,33)13-34-24)29(8)25(32)37-26(4,5)6/h10,14-16,18-24,30-31,33H,9,11-13,28H2,1-8H3. The molecule has 3 aliphatic rings. The van der Waals surface area contributed by atoms with E-state index >= 15 is 0 Å². The molecule has 11 unspecified atom stereocenters. The van der Waals surface area contributed by atoms with Crippen LogP contribution in [-0.4, -0.2) is 94.5 Å². The molecule has 0 spiro atoms. The quantitative estimate of drug-likeness (QED) is 0.421. The topological polar surface area (TPSA) is 144 Å². The molecule has 2 fully saturated rings. The highest BCUT2D eigenvalue weighted by molar-refractivity contribution is 5.68. The van der Waals surface area contributed by atoms with Gasteiger partial charge in [-0.25, -0.2) is 4.79 Å². The van der Waals surface area contributed by atoms with Crippen LogP contribution in [0.4, 0.5) is 4.79 Å². The Hall–Kier alpha value is -1.43. The van der Waals surface area contributed by atoms with E-state index in [4.69, 9.17) is 24.7 Å². The summed E-state index contributed by atoms with van der Waals surface area (Å²) in [4.78, 5) is 14.0. The van der Waals surface area contributed by atoms with Crippen molar-refractivity contribution < 1.29 is 39.1 Å². The number of likely N-dealkylation sites (N-methyl/N-ethyl adjacent to an activating group) is 1. The SMILES string of the molecule is CC1CC(C)C(C2OC(CN)=CCC2C)C(O)C1OC1OCC(C)(O)C(N(C)C(=O)OC(C)(C)C)C1O. The number of rotatable bonds is 5. The third-order valence-corrected chi connectivity index (χ3v) is 8.01. The van der Waals surface area contributed by atoms with Crippen LogP contribution in [0.1, 0.15) is 61.3 Å². The molecule has 10 heteroatoms. The molecule has 0 aromatic carbocycles. The summed E-state index contributed by atoms with van der Waals surface area (Å²) in [6.07, 6.45) is -1.30. The van der Waals surface area contributed by atoms with Crippen LogP contribution < -0.4 is 5.73 Å². The summed E-state index contributed by atoms with van der Waals surface area (Å²) in [5, 5.41) is 33.9. The van der Waals surface area contributed by atoms with Crippen LogP contribution in [0.25, 0.3) is 0 Å². The lowest BCUT2D eigenvalue weighted by atomic mass is 9.67. The minimum atomic E-state index is -1.55. The number of hydrogen-bond acceptors (Lipinski definition) is 9. The average molecular weight is 529 g/mol. The van der Waals surface area contributed by atoms with Crippen LogP contribution in [0.15, 0.2) is 11.8 Å². The van der Waals surface area contributed by atoms with Crippen LogP contribution in [-0.2, 0) is 18.9 Å². The Morgan fingerprint density at radius 3 is 2.43 bits per heavy atom. The lowest BCUT2D eigenvalue weighted by Crippen LogP contribution is -2.68. The number of ether oxygens (including phenoxy) is 4. The number of amides is 1. The first-order valence-corrected chi connectivity index (χ1v) is 13.4. The van der Waals surface area contributed by atoms with Gasteiger partial charge in [-0.1, -0.05) is 20.8 Å². The molecule has 214 valence electrons. The second-order valence-corrected chi connectivity index (χ2v) is 12.6. The molecule has 5 N–H and O–H groups in total. The Labute approximate surface area is 221 Å². The van der Waals surface area contributed by atoms with Gasteiger partial charge in [0.05, 0.1) is 31.4 Å². The lowest BCUT2D eigenvalue weighted by Gasteiger charge is -2.51. The summed E-state index contributed by atoms with van der Waals surface area (Å²) in [5.41, 5.74) is 3.54. The van der Waals surface area contributed by atoms with Gasteiger partial charge in [0.15, 0.2) is 6.29 Å². The molecule has 0 aromatic heterocycles. The maximum absolute atomic E-state index is 12.8. The molecule has 1 amide bonds. The van der Waals surface area contributed by atoms with Crippen molar-refractivity contribution in [2.45, 2.75) is 109 Å². The molecule has 10 nitrogen and oxygen atoms in total. The van der Waals surface area contributed by atoms with Crippen molar-refractivity contribution in [3.8, 4) is 0 Å². The van der Waals surface area contributed by atoms with Crippen molar-refractivity contribution in [1.82, 2.24) is 4.90 Å². The van der Waals surface area contributed by atoms with E-state index in [0.29, 0.717) is 6.54 Å². The largest absolute Gasteiger partial charge is 0.493 e. The maximum Gasteiger partial charge on any atom is 0.410 e. The molecule has 37 heavy (non-hydrogen) atoms. The zero-order chi connectivity index (χ0) is 27.9. The molecular weight excluding hydrogens is 480 g/mol. The van der Waals surface area contributed by atoms with Gasteiger partial charge in [0.25, 0.3) is 0 Å². The minimum absolute atomic E-state index is 0.0232. The number of aliphatic hydroxyl groups excluding tert-OH is 2. The number of hydrogen-bond donors (Lipinski definition) is 4.